The lowest BCUT2D eigenvalue weighted by molar-refractivity contribution is -0.274. The number of halogens is 3. The first-order chi connectivity index (χ1) is 12.5. The lowest BCUT2D eigenvalue weighted by Crippen LogP contribution is -2.43. The number of carboxylic acids is 1. The highest BCUT2D eigenvalue weighted by molar-refractivity contribution is 5.87. The Bertz CT molecular complexity index is 706. The minimum absolute atomic E-state index is 0.0283. The Hall–Kier alpha value is -2.78. The number of piperidine rings is 1. The van der Waals surface area contributed by atoms with Crippen LogP contribution in [0.15, 0.2) is 24.3 Å². The van der Waals surface area contributed by atoms with Crippen LogP contribution in [0.2, 0.25) is 0 Å². The van der Waals surface area contributed by atoms with E-state index in [0.717, 1.165) is 12.1 Å². The van der Waals surface area contributed by atoms with E-state index >= 15 is 0 Å². The van der Waals surface area contributed by atoms with Crippen molar-refractivity contribution in [2.45, 2.75) is 31.7 Å². The van der Waals surface area contributed by atoms with Gasteiger partial charge in [-0.25, -0.2) is 0 Å². The summed E-state index contributed by atoms with van der Waals surface area (Å²) in [5.74, 6) is -2.84. The van der Waals surface area contributed by atoms with E-state index in [2.05, 4.69) is 10.1 Å². The van der Waals surface area contributed by atoms with E-state index in [1.807, 2.05) is 0 Å². The van der Waals surface area contributed by atoms with Crippen molar-refractivity contribution in [3.63, 3.8) is 0 Å². The van der Waals surface area contributed by atoms with Crippen LogP contribution in [-0.2, 0) is 14.4 Å². The van der Waals surface area contributed by atoms with E-state index in [0.29, 0.717) is 18.5 Å². The lowest BCUT2D eigenvalue weighted by atomic mass is 9.94. The number of nitrogens with zero attached hydrogens (tertiary/aromatic N) is 1. The molecule has 1 saturated heterocycles. The zero-order chi connectivity index (χ0) is 20.2. The van der Waals surface area contributed by atoms with Crippen molar-refractivity contribution in [3.8, 4) is 5.75 Å². The molecular weight excluding hydrogens is 369 g/mol. The van der Waals surface area contributed by atoms with E-state index < -0.39 is 42.4 Å². The molecule has 0 bridgehead atoms. The van der Waals surface area contributed by atoms with Gasteiger partial charge in [0.1, 0.15) is 5.75 Å². The molecule has 1 aliphatic rings. The predicted molar refractivity (Wildman–Crippen MR) is 86.6 cm³/mol. The third-order valence-electron chi connectivity index (χ3n) is 4.24. The summed E-state index contributed by atoms with van der Waals surface area (Å²) in [6.07, 6.45) is -4.81. The van der Waals surface area contributed by atoms with Crippen LogP contribution in [0.5, 0.6) is 5.75 Å². The number of rotatable bonds is 6. The number of aliphatic carboxylic acids is 1. The largest absolute Gasteiger partial charge is 0.573 e. The summed E-state index contributed by atoms with van der Waals surface area (Å²) in [4.78, 5) is 36.8. The molecule has 2 atom stereocenters. The van der Waals surface area contributed by atoms with Crippen molar-refractivity contribution in [2.75, 3.05) is 13.6 Å². The quantitative estimate of drug-likeness (QED) is 0.778. The average molecular weight is 388 g/mol. The Morgan fingerprint density at radius 1 is 1.33 bits per heavy atom. The molecule has 7 nitrogen and oxygen atoms in total. The summed E-state index contributed by atoms with van der Waals surface area (Å²) in [7, 11) is 1.63. The van der Waals surface area contributed by atoms with Crippen LogP contribution in [0.3, 0.4) is 0 Å². The standard InChI is InChI=1S/C17H19F3N2O5/c1-22-7-6-11(8-14(22)23)16(26)21-13(9-15(24)25)10-2-4-12(5-3-10)27-17(18,19)20/h2-5,11,13H,6-9H2,1H3,(H,21,26)(H,24,25). The summed E-state index contributed by atoms with van der Waals surface area (Å²) in [5.41, 5.74) is 0.319. The highest BCUT2D eigenvalue weighted by atomic mass is 19.4. The van der Waals surface area contributed by atoms with Gasteiger partial charge in [-0.15, -0.1) is 13.2 Å². The van der Waals surface area contributed by atoms with E-state index in [4.69, 9.17) is 5.11 Å². The van der Waals surface area contributed by atoms with Crippen molar-refractivity contribution in [3.05, 3.63) is 29.8 Å². The van der Waals surface area contributed by atoms with Gasteiger partial charge in [-0.1, -0.05) is 12.1 Å². The van der Waals surface area contributed by atoms with E-state index in [1.54, 1.807) is 7.05 Å². The third-order valence-corrected chi connectivity index (χ3v) is 4.24. The summed E-state index contributed by atoms with van der Waals surface area (Å²) < 4.78 is 40.4. The Morgan fingerprint density at radius 2 is 1.96 bits per heavy atom. The monoisotopic (exact) mass is 388 g/mol. The molecule has 2 unspecified atom stereocenters. The van der Waals surface area contributed by atoms with E-state index in [1.165, 1.54) is 17.0 Å². The fourth-order valence-electron chi connectivity index (χ4n) is 2.78. The number of amides is 2. The van der Waals surface area contributed by atoms with E-state index in [-0.39, 0.29) is 12.3 Å². The molecule has 0 saturated carbocycles. The number of hydrogen-bond acceptors (Lipinski definition) is 4. The van der Waals surface area contributed by atoms with Crippen molar-refractivity contribution in [1.82, 2.24) is 10.2 Å². The first kappa shape index (κ1) is 20.5. The molecule has 1 aromatic carbocycles. The van der Waals surface area contributed by atoms with Crippen LogP contribution in [-0.4, -0.2) is 47.7 Å². The van der Waals surface area contributed by atoms with Crippen LogP contribution >= 0.6 is 0 Å². The van der Waals surface area contributed by atoms with Gasteiger partial charge in [-0.3, -0.25) is 14.4 Å². The first-order valence-corrected chi connectivity index (χ1v) is 8.17. The Morgan fingerprint density at radius 3 is 2.48 bits per heavy atom. The highest BCUT2D eigenvalue weighted by Gasteiger charge is 2.32. The molecule has 1 aliphatic heterocycles. The highest BCUT2D eigenvalue weighted by Crippen LogP contribution is 2.26. The van der Waals surface area contributed by atoms with Gasteiger partial charge >= 0.3 is 12.3 Å². The second-order valence-electron chi connectivity index (χ2n) is 6.28. The van der Waals surface area contributed by atoms with Crippen molar-refractivity contribution < 1.29 is 37.4 Å². The molecular formula is C17H19F3N2O5. The summed E-state index contributed by atoms with van der Waals surface area (Å²) >= 11 is 0. The average Bonchev–Trinajstić information content (AvgIpc) is 2.55. The predicted octanol–water partition coefficient (Wildman–Crippen LogP) is 2.09. The maximum atomic E-state index is 12.4. The molecule has 10 heteroatoms. The fourth-order valence-corrected chi connectivity index (χ4v) is 2.78. The second-order valence-corrected chi connectivity index (χ2v) is 6.28. The summed E-state index contributed by atoms with van der Waals surface area (Å²) in [6.45, 7) is 0.421. The molecule has 1 aromatic rings. The SMILES string of the molecule is CN1CCC(C(=O)NC(CC(=O)O)c2ccc(OC(F)(F)F)cc2)CC1=O. The minimum atomic E-state index is -4.84. The minimum Gasteiger partial charge on any atom is -0.481 e. The Labute approximate surface area is 153 Å². The zero-order valence-corrected chi connectivity index (χ0v) is 14.5. The summed E-state index contributed by atoms with van der Waals surface area (Å²) in [6, 6.07) is 3.67. The molecule has 1 heterocycles. The number of benzene rings is 1. The fraction of sp³-hybridized carbons (Fsp3) is 0.471. The molecule has 0 radical (unpaired) electrons. The van der Waals surface area contributed by atoms with Gasteiger partial charge < -0.3 is 20.1 Å². The summed E-state index contributed by atoms with van der Waals surface area (Å²) in [5, 5.41) is 11.7. The Balaban J connectivity index is 2.09. The van der Waals surface area contributed by atoms with Gasteiger partial charge in [0.15, 0.2) is 0 Å². The van der Waals surface area contributed by atoms with Crippen LogP contribution in [0.4, 0.5) is 13.2 Å². The molecule has 0 spiro atoms. The van der Waals surface area contributed by atoms with E-state index in [9.17, 15) is 27.6 Å². The van der Waals surface area contributed by atoms with Gasteiger partial charge in [0.2, 0.25) is 11.8 Å². The smallest absolute Gasteiger partial charge is 0.481 e. The van der Waals surface area contributed by atoms with Crippen LogP contribution in [0.25, 0.3) is 0 Å². The van der Waals surface area contributed by atoms with Crippen molar-refractivity contribution in [2.24, 2.45) is 5.92 Å². The molecule has 27 heavy (non-hydrogen) atoms. The topological polar surface area (TPSA) is 95.9 Å². The van der Waals surface area contributed by atoms with Gasteiger partial charge in [-0.05, 0) is 24.1 Å². The molecule has 1 fully saturated rings. The van der Waals surface area contributed by atoms with Gasteiger partial charge in [0, 0.05) is 25.9 Å². The van der Waals surface area contributed by atoms with Gasteiger partial charge in [-0.2, -0.15) is 0 Å². The van der Waals surface area contributed by atoms with Crippen molar-refractivity contribution in [1.29, 1.82) is 0 Å². The Kier molecular flexibility index (Phi) is 6.29. The van der Waals surface area contributed by atoms with Gasteiger partial charge in [0.25, 0.3) is 0 Å². The molecule has 2 rings (SSSR count). The lowest BCUT2D eigenvalue weighted by Gasteiger charge is -2.29. The number of carbonyl (C=O) groups excluding carboxylic acids is 2. The second kappa shape index (κ2) is 8.28. The number of likely N-dealkylation sites (tertiary alicyclic amines) is 1. The normalized spacial score (nSPS) is 18.7. The zero-order valence-electron chi connectivity index (χ0n) is 14.5. The number of ether oxygens (including phenoxy) is 1. The van der Waals surface area contributed by atoms with Crippen molar-refractivity contribution >= 4 is 17.8 Å². The number of carboxylic acid groups (broad SMARTS) is 1. The number of hydrogen-bond donors (Lipinski definition) is 2. The molecule has 2 amide bonds. The first-order valence-electron chi connectivity index (χ1n) is 8.17. The number of alkyl halides is 3. The molecule has 0 aliphatic carbocycles. The number of carbonyl (C=O) groups is 3. The molecule has 2 N–H and O–H groups in total. The third kappa shape index (κ3) is 6.15. The van der Waals surface area contributed by atoms with Crippen LogP contribution in [0.1, 0.15) is 30.9 Å². The van der Waals surface area contributed by atoms with Crippen LogP contribution < -0.4 is 10.1 Å². The number of nitrogens with one attached hydrogen (secondary N) is 1. The van der Waals surface area contributed by atoms with Crippen LogP contribution in [0, 0.1) is 5.92 Å². The van der Waals surface area contributed by atoms with Gasteiger partial charge in [0.05, 0.1) is 12.5 Å². The maximum absolute atomic E-state index is 12.4. The maximum Gasteiger partial charge on any atom is 0.573 e. The molecule has 148 valence electrons. The molecule has 0 aromatic heterocycles.